The number of ether oxygens (including phenoxy) is 2. The molecule has 0 spiro atoms. The molecule has 21 heavy (non-hydrogen) atoms. The van der Waals surface area contributed by atoms with Crippen LogP contribution >= 0.6 is 11.8 Å². The Morgan fingerprint density at radius 2 is 2.19 bits per heavy atom. The van der Waals surface area contributed by atoms with E-state index in [-0.39, 0.29) is 5.69 Å². The second kappa shape index (κ2) is 10.4. The van der Waals surface area contributed by atoms with Gasteiger partial charge in [0.2, 0.25) is 0 Å². The summed E-state index contributed by atoms with van der Waals surface area (Å²) in [5, 5.41) is 14.2. The molecule has 1 aromatic carbocycles. The number of nitro benzene ring substituents is 1. The van der Waals surface area contributed by atoms with Crippen LogP contribution in [0.3, 0.4) is 0 Å². The summed E-state index contributed by atoms with van der Waals surface area (Å²) in [6.07, 6.45) is 0. The Morgan fingerprint density at radius 1 is 1.38 bits per heavy atom. The molecule has 0 amide bonds. The highest BCUT2D eigenvalue weighted by atomic mass is 32.2. The normalized spacial score (nSPS) is 10.6. The Labute approximate surface area is 129 Å². The van der Waals surface area contributed by atoms with E-state index in [0.29, 0.717) is 25.5 Å². The second-order valence-electron chi connectivity index (χ2n) is 4.27. The van der Waals surface area contributed by atoms with Crippen molar-refractivity contribution in [2.24, 2.45) is 0 Å². The molecule has 0 bridgehead atoms. The SMILES string of the molecule is CCSCCOc1cc(CNCCOC)ccc1[N+](=O)[O-]. The summed E-state index contributed by atoms with van der Waals surface area (Å²) in [6.45, 7) is 4.53. The van der Waals surface area contributed by atoms with Crippen molar-refractivity contribution in [3.63, 3.8) is 0 Å². The molecule has 118 valence electrons. The number of methoxy groups -OCH3 is 1. The van der Waals surface area contributed by atoms with Crippen molar-refractivity contribution in [3.05, 3.63) is 33.9 Å². The Balaban J connectivity index is 2.64. The van der Waals surface area contributed by atoms with Crippen molar-refractivity contribution in [1.29, 1.82) is 0 Å². The number of hydrogen-bond donors (Lipinski definition) is 1. The number of nitrogens with one attached hydrogen (secondary N) is 1. The highest BCUT2D eigenvalue weighted by Crippen LogP contribution is 2.28. The highest BCUT2D eigenvalue weighted by Gasteiger charge is 2.15. The summed E-state index contributed by atoms with van der Waals surface area (Å²) in [5.74, 6) is 2.17. The fraction of sp³-hybridized carbons (Fsp3) is 0.571. The molecule has 7 heteroatoms. The first-order valence-electron chi connectivity index (χ1n) is 6.86. The monoisotopic (exact) mass is 314 g/mol. The van der Waals surface area contributed by atoms with Crippen LogP contribution in [0.2, 0.25) is 0 Å². The van der Waals surface area contributed by atoms with Crippen LogP contribution in [0.1, 0.15) is 12.5 Å². The molecule has 0 fully saturated rings. The zero-order chi connectivity index (χ0) is 15.5. The van der Waals surface area contributed by atoms with Gasteiger partial charge in [0, 0.05) is 32.0 Å². The smallest absolute Gasteiger partial charge is 0.310 e. The third-order valence-corrected chi connectivity index (χ3v) is 3.59. The van der Waals surface area contributed by atoms with E-state index in [4.69, 9.17) is 9.47 Å². The summed E-state index contributed by atoms with van der Waals surface area (Å²) >= 11 is 1.74. The quantitative estimate of drug-likeness (QED) is 0.384. The number of nitrogens with zero attached hydrogens (tertiary/aromatic N) is 1. The molecule has 0 aliphatic rings. The van der Waals surface area contributed by atoms with E-state index in [1.807, 2.05) is 0 Å². The number of benzene rings is 1. The minimum absolute atomic E-state index is 0.0112. The summed E-state index contributed by atoms with van der Waals surface area (Å²) in [5.41, 5.74) is 0.965. The van der Waals surface area contributed by atoms with Crippen molar-refractivity contribution in [2.75, 3.05) is 38.4 Å². The largest absolute Gasteiger partial charge is 0.486 e. The molecule has 1 rings (SSSR count). The molecule has 0 saturated carbocycles. The molecule has 0 saturated heterocycles. The third kappa shape index (κ3) is 6.79. The van der Waals surface area contributed by atoms with Crippen LogP contribution in [0, 0.1) is 10.1 Å². The lowest BCUT2D eigenvalue weighted by molar-refractivity contribution is -0.385. The molecule has 0 aliphatic carbocycles. The van der Waals surface area contributed by atoms with Crippen molar-refractivity contribution in [2.45, 2.75) is 13.5 Å². The summed E-state index contributed by atoms with van der Waals surface area (Å²) < 4.78 is 10.5. The summed E-state index contributed by atoms with van der Waals surface area (Å²) in [6, 6.07) is 4.97. The summed E-state index contributed by atoms with van der Waals surface area (Å²) in [7, 11) is 1.65. The molecule has 0 radical (unpaired) electrons. The van der Waals surface area contributed by atoms with Crippen LogP contribution < -0.4 is 10.1 Å². The van der Waals surface area contributed by atoms with Crippen LogP contribution in [-0.2, 0) is 11.3 Å². The third-order valence-electron chi connectivity index (χ3n) is 2.72. The first-order valence-corrected chi connectivity index (χ1v) is 8.02. The maximum absolute atomic E-state index is 11.0. The maximum Gasteiger partial charge on any atom is 0.310 e. The van der Waals surface area contributed by atoms with Crippen LogP contribution in [0.5, 0.6) is 5.75 Å². The lowest BCUT2D eigenvalue weighted by Gasteiger charge is -2.09. The molecular formula is C14H22N2O4S. The topological polar surface area (TPSA) is 73.6 Å². The number of hydrogen-bond acceptors (Lipinski definition) is 6. The van der Waals surface area contributed by atoms with Crippen molar-refractivity contribution < 1.29 is 14.4 Å². The van der Waals surface area contributed by atoms with Gasteiger partial charge in [0.25, 0.3) is 0 Å². The molecule has 0 unspecified atom stereocenters. The van der Waals surface area contributed by atoms with Gasteiger partial charge >= 0.3 is 5.69 Å². The Morgan fingerprint density at radius 3 is 2.86 bits per heavy atom. The van der Waals surface area contributed by atoms with Crippen LogP contribution in [0.25, 0.3) is 0 Å². The first-order chi connectivity index (χ1) is 10.2. The van der Waals surface area contributed by atoms with E-state index in [2.05, 4.69) is 12.2 Å². The minimum Gasteiger partial charge on any atom is -0.486 e. The van der Waals surface area contributed by atoms with Crippen molar-refractivity contribution >= 4 is 17.4 Å². The zero-order valence-electron chi connectivity index (χ0n) is 12.5. The van der Waals surface area contributed by atoms with Gasteiger partial charge < -0.3 is 14.8 Å². The fourth-order valence-electron chi connectivity index (χ4n) is 1.70. The van der Waals surface area contributed by atoms with E-state index in [9.17, 15) is 10.1 Å². The van der Waals surface area contributed by atoms with Gasteiger partial charge in [-0.15, -0.1) is 0 Å². The molecule has 6 nitrogen and oxygen atoms in total. The molecule has 0 heterocycles. The van der Waals surface area contributed by atoms with Gasteiger partial charge in [-0.2, -0.15) is 11.8 Å². The highest BCUT2D eigenvalue weighted by molar-refractivity contribution is 7.99. The summed E-state index contributed by atoms with van der Waals surface area (Å²) in [4.78, 5) is 10.6. The molecular weight excluding hydrogens is 292 g/mol. The lowest BCUT2D eigenvalue weighted by Crippen LogP contribution is -2.18. The fourth-order valence-corrected chi connectivity index (χ4v) is 2.19. The number of thioether (sulfide) groups is 1. The number of nitro groups is 1. The van der Waals surface area contributed by atoms with Crippen LogP contribution in [-0.4, -0.2) is 43.3 Å². The van der Waals surface area contributed by atoms with Gasteiger partial charge in [0.05, 0.1) is 18.1 Å². The zero-order valence-corrected chi connectivity index (χ0v) is 13.3. The van der Waals surface area contributed by atoms with E-state index in [0.717, 1.165) is 23.6 Å². The van der Waals surface area contributed by atoms with Crippen molar-refractivity contribution in [3.8, 4) is 5.75 Å². The maximum atomic E-state index is 11.0. The van der Waals surface area contributed by atoms with E-state index in [1.165, 1.54) is 6.07 Å². The Kier molecular flexibility index (Phi) is 8.80. The van der Waals surface area contributed by atoms with E-state index in [1.54, 1.807) is 31.0 Å². The molecule has 1 N–H and O–H groups in total. The van der Waals surface area contributed by atoms with Gasteiger partial charge in [-0.25, -0.2) is 0 Å². The Hall–Kier alpha value is -1.31. The Bertz CT molecular complexity index is 443. The van der Waals surface area contributed by atoms with Gasteiger partial charge in [0.1, 0.15) is 0 Å². The molecule has 1 aromatic rings. The predicted molar refractivity (Wildman–Crippen MR) is 85.2 cm³/mol. The van der Waals surface area contributed by atoms with Gasteiger partial charge in [-0.05, 0) is 17.4 Å². The predicted octanol–water partition coefficient (Wildman–Crippen LogP) is 2.46. The van der Waals surface area contributed by atoms with Crippen LogP contribution in [0.4, 0.5) is 5.69 Å². The lowest BCUT2D eigenvalue weighted by atomic mass is 10.2. The van der Waals surface area contributed by atoms with Gasteiger partial charge in [-0.1, -0.05) is 13.0 Å². The second-order valence-corrected chi connectivity index (χ2v) is 5.67. The molecule has 0 aliphatic heterocycles. The van der Waals surface area contributed by atoms with Gasteiger partial charge in [-0.3, -0.25) is 10.1 Å². The standard InChI is InChI=1S/C14H22N2O4S/c1-3-21-9-8-20-14-10-12(11-15-6-7-19-2)4-5-13(14)16(17)18/h4-5,10,15H,3,6-9,11H2,1-2H3. The molecule has 0 atom stereocenters. The minimum atomic E-state index is -0.412. The molecule has 0 aromatic heterocycles. The van der Waals surface area contributed by atoms with Crippen molar-refractivity contribution in [1.82, 2.24) is 5.32 Å². The first kappa shape index (κ1) is 17.7. The average Bonchev–Trinajstić information content (AvgIpc) is 2.48. The van der Waals surface area contributed by atoms with E-state index >= 15 is 0 Å². The average molecular weight is 314 g/mol. The van der Waals surface area contributed by atoms with Crippen LogP contribution in [0.15, 0.2) is 18.2 Å². The van der Waals surface area contributed by atoms with E-state index < -0.39 is 4.92 Å². The number of rotatable bonds is 11. The van der Waals surface area contributed by atoms with Gasteiger partial charge in [0.15, 0.2) is 5.75 Å².